The molecule has 2 aromatic carbocycles. The van der Waals surface area contributed by atoms with Crippen molar-refractivity contribution in [2.45, 2.75) is 38.7 Å². The SMILES string of the molecule is Cn1ccc(NC(=O)C(=O)NCC(C)(C)CNC(=O)c2ccc(Nc3nc(NC4(c5ccc(Cl)cc5)CC4)nc(OCC(F)F)n3)cc2F)n1. The van der Waals surface area contributed by atoms with Gasteiger partial charge in [-0.2, -0.15) is 20.1 Å². The van der Waals surface area contributed by atoms with Crippen molar-refractivity contribution in [3.05, 3.63) is 76.7 Å². The summed E-state index contributed by atoms with van der Waals surface area (Å²) in [5.74, 6) is -3.22. The smallest absolute Gasteiger partial charge is 0.323 e. The normalized spacial score (nSPS) is 13.4. The maximum absolute atomic E-state index is 15.2. The highest BCUT2D eigenvalue weighted by atomic mass is 35.5. The number of hydrogen-bond acceptors (Lipinski definition) is 10. The molecule has 2 heterocycles. The van der Waals surface area contributed by atoms with Gasteiger partial charge in [0.1, 0.15) is 5.82 Å². The number of benzene rings is 2. The number of hydrogen-bond donors (Lipinski definition) is 5. The van der Waals surface area contributed by atoms with Crippen molar-refractivity contribution in [1.82, 2.24) is 35.4 Å². The summed E-state index contributed by atoms with van der Waals surface area (Å²) in [6.07, 6.45) is 0.335. The Kier molecular flexibility index (Phi) is 10.7. The third kappa shape index (κ3) is 9.58. The van der Waals surface area contributed by atoms with Crippen LogP contribution in [0.3, 0.4) is 0 Å². The predicted molar refractivity (Wildman–Crippen MR) is 178 cm³/mol. The van der Waals surface area contributed by atoms with Gasteiger partial charge < -0.3 is 31.3 Å². The molecule has 2 aromatic heterocycles. The molecule has 0 radical (unpaired) electrons. The van der Waals surface area contributed by atoms with E-state index < -0.39 is 47.5 Å². The van der Waals surface area contributed by atoms with Crippen LogP contribution in [0.5, 0.6) is 6.01 Å². The molecule has 1 fully saturated rings. The standard InChI is InChI=1S/C32H34ClF3N10O4/c1-31(2,17-38-26(48)27(49)40-24-10-13-46(3)45-24)16-37-25(47)21-9-8-20(14-22(21)34)39-28-41-29(43-30(42-28)50-15-23(35)36)44-32(11-12-32)18-4-6-19(33)7-5-18/h4-10,13-14,23H,11-12,15-17H2,1-3H3,(H,37,47)(H,38,48)(H,40,45,49)(H2,39,41,42,43,44). The van der Waals surface area contributed by atoms with Gasteiger partial charge in [0.2, 0.25) is 11.9 Å². The summed E-state index contributed by atoms with van der Waals surface area (Å²) in [6, 6.07) is 12.1. The molecule has 0 bridgehead atoms. The largest absolute Gasteiger partial charge is 0.457 e. The Bertz CT molecular complexity index is 1870. The van der Waals surface area contributed by atoms with Gasteiger partial charge in [-0.1, -0.05) is 37.6 Å². The van der Waals surface area contributed by atoms with E-state index in [-0.39, 0.29) is 48.1 Å². The molecule has 0 atom stereocenters. The van der Waals surface area contributed by atoms with Crippen LogP contribution in [0.2, 0.25) is 5.02 Å². The predicted octanol–water partition coefficient (Wildman–Crippen LogP) is 4.40. The topological polar surface area (TPSA) is 177 Å². The minimum absolute atomic E-state index is 0.0275. The van der Waals surface area contributed by atoms with Crippen molar-refractivity contribution in [3.63, 3.8) is 0 Å². The zero-order valence-corrected chi connectivity index (χ0v) is 27.9. The summed E-state index contributed by atoms with van der Waals surface area (Å²) >= 11 is 6.03. The first kappa shape index (κ1) is 35.8. The number of aromatic nitrogens is 5. The molecule has 1 saturated carbocycles. The highest BCUT2D eigenvalue weighted by molar-refractivity contribution is 6.39. The van der Waals surface area contributed by atoms with Crippen molar-refractivity contribution < 1.29 is 32.3 Å². The molecule has 14 nitrogen and oxygen atoms in total. The molecule has 0 saturated heterocycles. The average Bonchev–Trinajstić information content (AvgIpc) is 3.73. The molecule has 4 aromatic rings. The van der Waals surface area contributed by atoms with Crippen LogP contribution in [0.25, 0.3) is 0 Å². The molecule has 264 valence electrons. The summed E-state index contributed by atoms with van der Waals surface area (Å²) in [7, 11) is 1.66. The van der Waals surface area contributed by atoms with Crippen LogP contribution in [0.15, 0.2) is 54.7 Å². The first-order valence-electron chi connectivity index (χ1n) is 15.4. The summed E-state index contributed by atoms with van der Waals surface area (Å²) in [5, 5.41) is 18.1. The lowest BCUT2D eigenvalue weighted by Gasteiger charge is -2.25. The molecule has 50 heavy (non-hydrogen) atoms. The fourth-order valence-electron chi connectivity index (χ4n) is 4.70. The molecule has 18 heteroatoms. The number of nitrogens with one attached hydrogen (secondary N) is 5. The number of alkyl halides is 2. The van der Waals surface area contributed by atoms with Gasteiger partial charge in [0.25, 0.3) is 12.3 Å². The fourth-order valence-corrected chi connectivity index (χ4v) is 4.83. The van der Waals surface area contributed by atoms with E-state index in [1.165, 1.54) is 22.9 Å². The van der Waals surface area contributed by atoms with Crippen LogP contribution in [-0.2, 0) is 22.2 Å². The Labute approximate surface area is 289 Å². The number of aryl methyl sites for hydroxylation is 1. The molecule has 1 aliphatic carbocycles. The van der Waals surface area contributed by atoms with Gasteiger partial charge in [-0.15, -0.1) is 0 Å². The molecule has 5 rings (SSSR count). The van der Waals surface area contributed by atoms with Crippen LogP contribution < -0.4 is 31.3 Å². The number of anilines is 4. The van der Waals surface area contributed by atoms with Crippen molar-refractivity contribution >= 4 is 52.7 Å². The number of carbonyl (C=O) groups is 3. The maximum atomic E-state index is 15.2. The van der Waals surface area contributed by atoms with Gasteiger partial charge in [-0.25, -0.2) is 13.2 Å². The van der Waals surface area contributed by atoms with E-state index in [4.69, 9.17) is 16.3 Å². The molecule has 0 aliphatic heterocycles. The van der Waals surface area contributed by atoms with Gasteiger partial charge >= 0.3 is 17.8 Å². The molecular weight excluding hydrogens is 681 g/mol. The number of halogens is 4. The quantitative estimate of drug-likeness (QED) is 0.118. The average molecular weight is 715 g/mol. The van der Waals surface area contributed by atoms with Gasteiger partial charge in [-0.3, -0.25) is 19.1 Å². The molecule has 1 aliphatic rings. The van der Waals surface area contributed by atoms with E-state index in [9.17, 15) is 23.2 Å². The minimum Gasteiger partial charge on any atom is -0.457 e. The Hall–Kier alpha value is -5.45. The number of rotatable bonds is 14. The Morgan fingerprint density at radius 3 is 2.32 bits per heavy atom. The molecule has 5 N–H and O–H groups in total. The van der Waals surface area contributed by atoms with Crippen LogP contribution in [0, 0.1) is 11.2 Å². The molecule has 0 spiro atoms. The highest BCUT2D eigenvalue weighted by Gasteiger charge is 2.45. The fraction of sp³-hybridized carbons (Fsp3) is 0.344. The zero-order valence-electron chi connectivity index (χ0n) is 27.2. The molecular formula is C32H34ClF3N10O4. The summed E-state index contributed by atoms with van der Waals surface area (Å²) in [5.41, 5.74) is -0.390. The van der Waals surface area contributed by atoms with Gasteiger partial charge in [-0.05, 0) is 54.2 Å². The van der Waals surface area contributed by atoms with Crippen molar-refractivity contribution in [2.24, 2.45) is 12.5 Å². The lowest BCUT2D eigenvalue weighted by Crippen LogP contribution is -2.45. The lowest BCUT2D eigenvalue weighted by atomic mass is 9.93. The Balaban J connectivity index is 1.20. The van der Waals surface area contributed by atoms with E-state index in [0.717, 1.165) is 24.5 Å². The Morgan fingerprint density at radius 1 is 0.980 bits per heavy atom. The maximum Gasteiger partial charge on any atom is 0.323 e. The number of amides is 3. The van der Waals surface area contributed by atoms with Crippen LogP contribution in [0.4, 0.5) is 36.6 Å². The second kappa shape index (κ2) is 15.0. The third-order valence-corrected chi connectivity index (χ3v) is 7.79. The summed E-state index contributed by atoms with van der Waals surface area (Å²) < 4.78 is 47.5. The molecule has 0 unspecified atom stereocenters. The van der Waals surface area contributed by atoms with Crippen molar-refractivity contribution in [2.75, 3.05) is 35.6 Å². The highest BCUT2D eigenvalue weighted by Crippen LogP contribution is 2.48. The van der Waals surface area contributed by atoms with E-state index >= 15 is 4.39 Å². The van der Waals surface area contributed by atoms with E-state index in [2.05, 4.69) is 46.6 Å². The van der Waals surface area contributed by atoms with E-state index in [0.29, 0.717) is 5.02 Å². The number of ether oxygens (including phenoxy) is 1. The van der Waals surface area contributed by atoms with E-state index in [1.807, 2.05) is 12.1 Å². The third-order valence-electron chi connectivity index (χ3n) is 7.54. The number of nitrogens with zero attached hydrogens (tertiary/aromatic N) is 5. The zero-order chi connectivity index (χ0) is 36.1. The van der Waals surface area contributed by atoms with Gasteiger partial charge in [0, 0.05) is 43.1 Å². The van der Waals surface area contributed by atoms with Gasteiger partial charge in [0.15, 0.2) is 12.4 Å². The van der Waals surface area contributed by atoms with Crippen LogP contribution in [-0.4, -0.2) is 68.6 Å². The lowest BCUT2D eigenvalue weighted by molar-refractivity contribution is -0.136. The van der Waals surface area contributed by atoms with E-state index in [1.54, 1.807) is 39.2 Å². The first-order chi connectivity index (χ1) is 23.7. The van der Waals surface area contributed by atoms with Crippen LogP contribution >= 0.6 is 11.6 Å². The summed E-state index contributed by atoms with van der Waals surface area (Å²) in [6.45, 7) is 2.59. The second-order valence-corrected chi connectivity index (χ2v) is 12.8. The van der Waals surface area contributed by atoms with Crippen molar-refractivity contribution in [1.29, 1.82) is 0 Å². The monoisotopic (exact) mass is 714 g/mol. The minimum atomic E-state index is -2.77. The second-order valence-electron chi connectivity index (χ2n) is 12.4. The number of carbonyl (C=O) groups excluding carboxylic acids is 3. The van der Waals surface area contributed by atoms with Crippen molar-refractivity contribution in [3.8, 4) is 6.01 Å². The van der Waals surface area contributed by atoms with Gasteiger partial charge in [0.05, 0.1) is 11.1 Å². The van der Waals surface area contributed by atoms with Crippen LogP contribution in [0.1, 0.15) is 42.6 Å². The Morgan fingerprint density at radius 2 is 1.68 bits per heavy atom. The summed E-state index contributed by atoms with van der Waals surface area (Å²) in [4.78, 5) is 49.7. The first-order valence-corrected chi connectivity index (χ1v) is 15.7. The molecule has 3 amide bonds.